The molecule has 138 valence electrons. The van der Waals surface area contributed by atoms with Gasteiger partial charge in [-0.05, 0) is 48.9 Å². The maximum absolute atomic E-state index is 12.2. The van der Waals surface area contributed by atoms with Crippen LogP contribution in [0, 0.1) is 0 Å². The zero-order valence-electron chi connectivity index (χ0n) is 14.7. The molecule has 0 saturated heterocycles. The Kier molecular flexibility index (Phi) is 4.42. The van der Waals surface area contributed by atoms with Crippen molar-refractivity contribution in [2.45, 2.75) is 13.0 Å². The number of carbonyl (C=O) groups excluding carboxylic acids is 2. The van der Waals surface area contributed by atoms with Crippen molar-refractivity contribution in [3.05, 3.63) is 48.0 Å². The lowest BCUT2D eigenvalue weighted by atomic mass is 10.1. The van der Waals surface area contributed by atoms with Crippen LogP contribution >= 0.6 is 0 Å². The average molecular weight is 366 g/mol. The van der Waals surface area contributed by atoms with Gasteiger partial charge in [0.05, 0.1) is 5.69 Å². The number of nitrogens with one attached hydrogen (secondary N) is 2. The first-order valence-corrected chi connectivity index (χ1v) is 8.59. The van der Waals surface area contributed by atoms with E-state index in [2.05, 4.69) is 10.6 Å². The molecule has 0 saturated carbocycles. The molecule has 0 radical (unpaired) electrons. The molecule has 2 aromatic carbocycles. The van der Waals surface area contributed by atoms with Crippen molar-refractivity contribution in [1.82, 2.24) is 0 Å². The lowest BCUT2D eigenvalue weighted by Gasteiger charge is -2.23. The van der Waals surface area contributed by atoms with Gasteiger partial charge in [-0.3, -0.25) is 9.59 Å². The van der Waals surface area contributed by atoms with E-state index in [9.17, 15) is 9.59 Å². The number of hydrogen-bond acceptors (Lipinski definition) is 5. The smallest absolute Gasteiger partial charge is 0.265 e. The monoisotopic (exact) mass is 366 g/mol. The van der Waals surface area contributed by atoms with Crippen LogP contribution in [0.15, 0.2) is 42.5 Å². The molecule has 2 aliphatic rings. The Bertz CT molecular complexity index is 938. The largest absolute Gasteiger partial charge is 0.486 e. The Labute approximate surface area is 155 Å². The number of carbonyl (C=O) groups is 2. The molecule has 2 aliphatic heterocycles. The van der Waals surface area contributed by atoms with Crippen molar-refractivity contribution < 1.29 is 23.8 Å². The van der Waals surface area contributed by atoms with Crippen molar-refractivity contribution in [3.63, 3.8) is 0 Å². The van der Waals surface area contributed by atoms with E-state index in [1.54, 1.807) is 31.2 Å². The van der Waals surface area contributed by atoms with E-state index in [0.29, 0.717) is 41.8 Å². The Balaban J connectivity index is 1.43. The van der Waals surface area contributed by atoms with Crippen LogP contribution in [-0.4, -0.2) is 31.1 Å². The van der Waals surface area contributed by atoms with Crippen molar-refractivity contribution >= 4 is 29.3 Å². The molecule has 7 heteroatoms. The number of anilines is 2. The number of hydrogen-bond donors (Lipinski definition) is 2. The number of ether oxygens (including phenoxy) is 3. The lowest BCUT2D eigenvalue weighted by molar-refractivity contribution is -0.122. The van der Waals surface area contributed by atoms with Gasteiger partial charge >= 0.3 is 0 Å². The first kappa shape index (κ1) is 17.0. The molecule has 2 heterocycles. The predicted octanol–water partition coefficient (Wildman–Crippen LogP) is 2.83. The molecule has 4 rings (SSSR count). The minimum atomic E-state index is -0.535. The SMILES string of the molecule is CC1Oc2ccc(NC(=O)C=Cc3ccc4c(c3)OCCO4)cc2NC1=O. The predicted molar refractivity (Wildman–Crippen MR) is 100 cm³/mol. The van der Waals surface area contributed by atoms with E-state index in [1.165, 1.54) is 6.08 Å². The second kappa shape index (κ2) is 7.03. The van der Waals surface area contributed by atoms with Crippen molar-refractivity contribution in [2.75, 3.05) is 23.8 Å². The van der Waals surface area contributed by atoms with Crippen molar-refractivity contribution in [3.8, 4) is 17.2 Å². The van der Waals surface area contributed by atoms with E-state index in [0.717, 1.165) is 5.56 Å². The zero-order valence-corrected chi connectivity index (χ0v) is 14.7. The summed E-state index contributed by atoms with van der Waals surface area (Å²) in [5.74, 6) is 1.44. The van der Waals surface area contributed by atoms with Gasteiger partial charge < -0.3 is 24.8 Å². The number of rotatable bonds is 3. The molecular weight excluding hydrogens is 348 g/mol. The Hall–Kier alpha value is -3.48. The molecule has 0 aromatic heterocycles. The first-order valence-electron chi connectivity index (χ1n) is 8.59. The highest BCUT2D eigenvalue weighted by molar-refractivity contribution is 6.03. The van der Waals surface area contributed by atoms with Crippen LogP contribution in [-0.2, 0) is 9.59 Å². The fourth-order valence-electron chi connectivity index (χ4n) is 2.81. The molecule has 0 spiro atoms. The van der Waals surface area contributed by atoms with Crippen LogP contribution in [0.5, 0.6) is 17.2 Å². The molecule has 2 amide bonds. The summed E-state index contributed by atoms with van der Waals surface area (Å²) < 4.78 is 16.5. The second-order valence-electron chi connectivity index (χ2n) is 6.19. The summed E-state index contributed by atoms with van der Waals surface area (Å²) in [7, 11) is 0. The topological polar surface area (TPSA) is 85.9 Å². The summed E-state index contributed by atoms with van der Waals surface area (Å²) in [6.07, 6.45) is 2.59. The standard InChI is InChI=1S/C20H18N2O5/c1-12-20(24)22-15-11-14(4-6-16(15)27-12)21-19(23)7-3-13-2-5-17-18(10-13)26-9-8-25-17/h2-7,10-12H,8-9H2,1H3,(H,21,23)(H,22,24). The van der Waals surface area contributed by atoms with Crippen LogP contribution in [0.2, 0.25) is 0 Å². The normalized spacial score (nSPS) is 17.7. The quantitative estimate of drug-likeness (QED) is 0.816. The van der Waals surface area contributed by atoms with Gasteiger partial charge in [0.1, 0.15) is 19.0 Å². The molecule has 0 fully saturated rings. The summed E-state index contributed by atoms with van der Waals surface area (Å²) in [5, 5.41) is 5.51. The van der Waals surface area contributed by atoms with E-state index in [4.69, 9.17) is 14.2 Å². The molecule has 0 bridgehead atoms. The van der Waals surface area contributed by atoms with Crippen LogP contribution in [0.1, 0.15) is 12.5 Å². The highest BCUT2D eigenvalue weighted by atomic mass is 16.6. The van der Waals surface area contributed by atoms with Crippen LogP contribution in [0.4, 0.5) is 11.4 Å². The Morgan fingerprint density at radius 3 is 2.74 bits per heavy atom. The minimum Gasteiger partial charge on any atom is -0.486 e. The van der Waals surface area contributed by atoms with Gasteiger partial charge in [0, 0.05) is 11.8 Å². The van der Waals surface area contributed by atoms with Gasteiger partial charge in [-0.15, -0.1) is 0 Å². The van der Waals surface area contributed by atoms with Crippen LogP contribution in [0.25, 0.3) is 6.08 Å². The lowest BCUT2D eigenvalue weighted by Crippen LogP contribution is -2.34. The maximum Gasteiger partial charge on any atom is 0.265 e. The van der Waals surface area contributed by atoms with Crippen LogP contribution < -0.4 is 24.8 Å². The Morgan fingerprint density at radius 2 is 1.89 bits per heavy atom. The molecule has 0 aliphatic carbocycles. The summed E-state index contributed by atoms with van der Waals surface area (Å²) >= 11 is 0. The van der Waals surface area contributed by atoms with Crippen molar-refractivity contribution in [1.29, 1.82) is 0 Å². The van der Waals surface area contributed by atoms with Gasteiger partial charge in [-0.2, -0.15) is 0 Å². The van der Waals surface area contributed by atoms with Gasteiger partial charge in [0.25, 0.3) is 5.91 Å². The highest BCUT2D eigenvalue weighted by Gasteiger charge is 2.23. The van der Waals surface area contributed by atoms with Crippen LogP contribution in [0.3, 0.4) is 0 Å². The molecule has 1 atom stereocenters. The molecule has 2 N–H and O–H groups in total. The zero-order chi connectivity index (χ0) is 18.8. The first-order chi connectivity index (χ1) is 13.1. The van der Waals surface area contributed by atoms with E-state index >= 15 is 0 Å². The fourth-order valence-corrected chi connectivity index (χ4v) is 2.81. The third-order valence-corrected chi connectivity index (χ3v) is 4.17. The van der Waals surface area contributed by atoms with Gasteiger partial charge in [-0.1, -0.05) is 6.07 Å². The molecule has 1 unspecified atom stereocenters. The Morgan fingerprint density at radius 1 is 1.11 bits per heavy atom. The van der Waals surface area contributed by atoms with E-state index < -0.39 is 6.10 Å². The van der Waals surface area contributed by atoms with Gasteiger partial charge in [0.15, 0.2) is 17.6 Å². The number of benzene rings is 2. The molecule has 2 aromatic rings. The minimum absolute atomic E-state index is 0.218. The number of fused-ring (bicyclic) bond motifs is 2. The maximum atomic E-state index is 12.2. The third-order valence-electron chi connectivity index (χ3n) is 4.17. The van der Waals surface area contributed by atoms with Gasteiger partial charge in [0.2, 0.25) is 5.91 Å². The number of amides is 2. The van der Waals surface area contributed by atoms with Gasteiger partial charge in [-0.25, -0.2) is 0 Å². The summed E-state index contributed by atoms with van der Waals surface area (Å²) in [6, 6.07) is 10.6. The third kappa shape index (κ3) is 3.72. The van der Waals surface area contributed by atoms with E-state index in [-0.39, 0.29) is 11.8 Å². The average Bonchev–Trinajstić information content (AvgIpc) is 2.67. The van der Waals surface area contributed by atoms with Crippen molar-refractivity contribution in [2.24, 2.45) is 0 Å². The van der Waals surface area contributed by atoms with E-state index in [1.807, 2.05) is 18.2 Å². The summed E-state index contributed by atoms with van der Waals surface area (Å²) in [6.45, 7) is 2.73. The second-order valence-corrected chi connectivity index (χ2v) is 6.19. The molecule has 27 heavy (non-hydrogen) atoms. The summed E-state index contributed by atoms with van der Waals surface area (Å²) in [4.78, 5) is 23.9. The highest BCUT2D eigenvalue weighted by Crippen LogP contribution is 2.32. The molecular formula is C20H18N2O5. The summed E-state index contributed by atoms with van der Waals surface area (Å²) in [5.41, 5.74) is 1.92. The molecule has 7 nitrogen and oxygen atoms in total. The fraction of sp³-hybridized carbons (Fsp3) is 0.200.